The number of piperazine rings is 1. The molecule has 1 aromatic heterocycles. The van der Waals surface area contributed by atoms with E-state index in [1.165, 1.54) is 0 Å². The minimum atomic E-state index is -0.0792. The van der Waals surface area contributed by atoms with Crippen LogP contribution in [0.1, 0.15) is 15.9 Å². The monoisotopic (exact) mass is 358 g/mol. The zero-order chi connectivity index (χ0) is 17.8. The number of amides is 2. The highest BCUT2D eigenvalue weighted by Crippen LogP contribution is 2.26. The van der Waals surface area contributed by atoms with E-state index < -0.39 is 0 Å². The maximum absolute atomic E-state index is 12.7. The van der Waals surface area contributed by atoms with Crippen LogP contribution < -0.4 is 5.32 Å². The van der Waals surface area contributed by atoms with E-state index in [9.17, 15) is 9.59 Å². The summed E-state index contributed by atoms with van der Waals surface area (Å²) in [7, 11) is 0. The van der Waals surface area contributed by atoms with Crippen molar-refractivity contribution in [3.8, 4) is 0 Å². The molecule has 0 aliphatic carbocycles. The number of halogens is 1. The number of hydrogen-bond donors (Lipinski definition) is 1. The lowest BCUT2D eigenvalue weighted by Crippen LogP contribution is -2.48. The van der Waals surface area contributed by atoms with Crippen molar-refractivity contribution in [1.82, 2.24) is 14.8 Å². The molecular weight excluding hydrogens is 340 g/mol. The standard InChI is InChI=1S/C18H19ClN4O2/c1-13-16(19)3-2-4-17(13)21-15-9-14(10-20-11-15)18(25)23-7-5-22(12-24)6-8-23/h2-4,9-12,21H,5-8H2,1H3. The number of anilines is 2. The molecule has 1 N–H and O–H groups in total. The summed E-state index contributed by atoms with van der Waals surface area (Å²) in [4.78, 5) is 31.0. The molecule has 0 saturated carbocycles. The summed E-state index contributed by atoms with van der Waals surface area (Å²) in [6, 6.07) is 7.40. The molecule has 1 aliphatic rings. The van der Waals surface area contributed by atoms with Gasteiger partial charge in [-0.2, -0.15) is 0 Å². The minimum Gasteiger partial charge on any atom is -0.354 e. The highest BCUT2D eigenvalue weighted by molar-refractivity contribution is 6.31. The van der Waals surface area contributed by atoms with Crippen LogP contribution in [0.2, 0.25) is 5.02 Å². The van der Waals surface area contributed by atoms with Crippen molar-refractivity contribution in [3.63, 3.8) is 0 Å². The summed E-state index contributed by atoms with van der Waals surface area (Å²) in [5.41, 5.74) is 3.05. The van der Waals surface area contributed by atoms with E-state index in [1.54, 1.807) is 28.3 Å². The van der Waals surface area contributed by atoms with Crippen LogP contribution in [0.5, 0.6) is 0 Å². The molecule has 0 radical (unpaired) electrons. The van der Waals surface area contributed by atoms with Crippen molar-refractivity contribution in [1.29, 1.82) is 0 Å². The van der Waals surface area contributed by atoms with Crippen molar-refractivity contribution in [3.05, 3.63) is 52.8 Å². The smallest absolute Gasteiger partial charge is 0.255 e. The molecule has 25 heavy (non-hydrogen) atoms. The number of carbonyl (C=O) groups excluding carboxylic acids is 2. The Balaban J connectivity index is 1.74. The predicted octanol–water partition coefficient (Wildman–Crippen LogP) is 2.70. The summed E-state index contributed by atoms with van der Waals surface area (Å²) in [5, 5.41) is 3.93. The molecule has 130 valence electrons. The molecule has 3 rings (SSSR count). The van der Waals surface area contributed by atoms with Crippen LogP contribution in [0.15, 0.2) is 36.7 Å². The normalized spacial score (nSPS) is 14.3. The molecule has 2 heterocycles. The Morgan fingerprint density at radius 2 is 2.00 bits per heavy atom. The molecule has 2 amide bonds. The van der Waals surface area contributed by atoms with Gasteiger partial charge in [-0.25, -0.2) is 0 Å². The Kier molecular flexibility index (Phi) is 5.19. The highest BCUT2D eigenvalue weighted by atomic mass is 35.5. The van der Waals surface area contributed by atoms with Crippen LogP contribution >= 0.6 is 11.6 Å². The van der Waals surface area contributed by atoms with Crippen molar-refractivity contribution >= 4 is 35.3 Å². The van der Waals surface area contributed by atoms with Crippen LogP contribution in [-0.2, 0) is 4.79 Å². The zero-order valence-corrected chi connectivity index (χ0v) is 14.7. The van der Waals surface area contributed by atoms with Gasteiger partial charge in [-0.05, 0) is 30.7 Å². The Hall–Kier alpha value is -2.60. The number of aromatic nitrogens is 1. The lowest BCUT2D eigenvalue weighted by atomic mass is 10.1. The second kappa shape index (κ2) is 7.53. The van der Waals surface area contributed by atoms with Crippen LogP contribution in [0.3, 0.4) is 0 Å². The van der Waals surface area contributed by atoms with Crippen molar-refractivity contribution < 1.29 is 9.59 Å². The third-order valence-electron chi connectivity index (χ3n) is 4.28. The van der Waals surface area contributed by atoms with Gasteiger partial charge in [0.15, 0.2) is 0 Å². The van der Waals surface area contributed by atoms with Gasteiger partial charge in [-0.3, -0.25) is 14.6 Å². The van der Waals surface area contributed by atoms with Crippen molar-refractivity contribution in [2.45, 2.75) is 6.92 Å². The number of benzene rings is 1. The summed E-state index contributed by atoms with van der Waals surface area (Å²) < 4.78 is 0. The molecule has 1 fully saturated rings. The Morgan fingerprint density at radius 3 is 2.72 bits per heavy atom. The lowest BCUT2D eigenvalue weighted by Gasteiger charge is -2.32. The van der Waals surface area contributed by atoms with E-state index in [1.807, 2.05) is 25.1 Å². The fourth-order valence-corrected chi connectivity index (χ4v) is 2.91. The second-order valence-electron chi connectivity index (χ2n) is 5.93. The van der Waals surface area contributed by atoms with E-state index >= 15 is 0 Å². The van der Waals surface area contributed by atoms with Crippen LogP contribution in [0.25, 0.3) is 0 Å². The number of carbonyl (C=O) groups is 2. The van der Waals surface area contributed by atoms with Gasteiger partial charge < -0.3 is 15.1 Å². The quantitative estimate of drug-likeness (QED) is 0.853. The minimum absolute atomic E-state index is 0.0792. The molecule has 1 saturated heterocycles. The van der Waals surface area contributed by atoms with Crippen molar-refractivity contribution in [2.75, 3.05) is 31.5 Å². The Morgan fingerprint density at radius 1 is 1.24 bits per heavy atom. The first kappa shape index (κ1) is 17.2. The van der Waals surface area contributed by atoms with Gasteiger partial charge in [0.1, 0.15) is 0 Å². The molecule has 0 unspecified atom stereocenters. The number of hydrogen-bond acceptors (Lipinski definition) is 4. The highest BCUT2D eigenvalue weighted by Gasteiger charge is 2.21. The Labute approximate surface area is 151 Å². The molecule has 1 aromatic carbocycles. The lowest BCUT2D eigenvalue weighted by molar-refractivity contribution is -0.119. The van der Waals surface area contributed by atoms with E-state index in [2.05, 4.69) is 10.3 Å². The zero-order valence-electron chi connectivity index (χ0n) is 13.9. The van der Waals surface area contributed by atoms with E-state index in [0.29, 0.717) is 36.8 Å². The third kappa shape index (κ3) is 3.91. The molecule has 7 heteroatoms. The summed E-state index contributed by atoms with van der Waals surface area (Å²) in [5.74, 6) is -0.0792. The van der Waals surface area contributed by atoms with Gasteiger partial charge in [-0.1, -0.05) is 17.7 Å². The average molecular weight is 359 g/mol. The summed E-state index contributed by atoms with van der Waals surface area (Å²) >= 11 is 6.14. The predicted molar refractivity (Wildman–Crippen MR) is 97.2 cm³/mol. The van der Waals surface area contributed by atoms with E-state index in [-0.39, 0.29) is 5.91 Å². The Bertz CT molecular complexity index is 788. The molecule has 0 spiro atoms. The maximum Gasteiger partial charge on any atom is 0.255 e. The molecule has 0 atom stereocenters. The third-order valence-corrected chi connectivity index (χ3v) is 4.69. The average Bonchev–Trinajstić information content (AvgIpc) is 2.65. The van der Waals surface area contributed by atoms with Gasteiger partial charge in [0, 0.05) is 43.1 Å². The molecule has 1 aliphatic heterocycles. The van der Waals surface area contributed by atoms with Gasteiger partial charge >= 0.3 is 0 Å². The topological polar surface area (TPSA) is 65.5 Å². The summed E-state index contributed by atoms with van der Waals surface area (Å²) in [6.45, 7) is 4.11. The van der Waals surface area contributed by atoms with Crippen molar-refractivity contribution in [2.24, 2.45) is 0 Å². The fourth-order valence-electron chi connectivity index (χ4n) is 2.74. The number of nitrogens with zero attached hydrogens (tertiary/aromatic N) is 3. The van der Waals surface area contributed by atoms with Gasteiger partial charge in [0.2, 0.25) is 6.41 Å². The van der Waals surface area contributed by atoms with E-state index in [4.69, 9.17) is 11.6 Å². The second-order valence-corrected chi connectivity index (χ2v) is 6.34. The fraction of sp³-hybridized carbons (Fsp3) is 0.278. The molecule has 6 nitrogen and oxygen atoms in total. The summed E-state index contributed by atoms with van der Waals surface area (Å²) in [6.07, 6.45) is 4.05. The molecule has 2 aromatic rings. The number of pyridine rings is 1. The van der Waals surface area contributed by atoms with Crippen LogP contribution in [-0.4, -0.2) is 53.3 Å². The maximum atomic E-state index is 12.7. The number of rotatable bonds is 4. The van der Waals surface area contributed by atoms with Gasteiger partial charge in [0.05, 0.1) is 17.4 Å². The van der Waals surface area contributed by atoms with Crippen LogP contribution in [0, 0.1) is 6.92 Å². The first-order chi connectivity index (χ1) is 12.1. The SMILES string of the molecule is Cc1c(Cl)cccc1Nc1cncc(C(=O)N2CCN(C=O)CC2)c1. The number of nitrogens with one attached hydrogen (secondary N) is 1. The van der Waals surface area contributed by atoms with Crippen LogP contribution in [0.4, 0.5) is 11.4 Å². The first-order valence-electron chi connectivity index (χ1n) is 8.04. The first-order valence-corrected chi connectivity index (χ1v) is 8.42. The van der Waals surface area contributed by atoms with Gasteiger partial charge in [0.25, 0.3) is 5.91 Å². The molecule has 0 bridgehead atoms. The molecular formula is C18H19ClN4O2. The van der Waals surface area contributed by atoms with Gasteiger partial charge in [-0.15, -0.1) is 0 Å². The largest absolute Gasteiger partial charge is 0.354 e. The van der Waals surface area contributed by atoms with E-state index in [0.717, 1.165) is 23.3 Å².